The minimum Gasteiger partial charge on any atom is -0.381 e. The first kappa shape index (κ1) is 7.54. The van der Waals surface area contributed by atoms with Crippen molar-refractivity contribution in [3.05, 3.63) is 6.20 Å². The highest BCUT2D eigenvalue weighted by atomic mass is 16.5. The molecule has 1 aliphatic rings. The number of aromatic nitrogens is 3. The molecule has 12 heavy (non-hydrogen) atoms. The number of nitrogens with zero attached hydrogens (tertiary/aromatic N) is 2. The second-order valence-corrected chi connectivity index (χ2v) is 2.90. The third-order valence-corrected chi connectivity index (χ3v) is 2.00. The van der Waals surface area contributed by atoms with Crippen molar-refractivity contribution in [2.75, 3.05) is 18.5 Å². The van der Waals surface area contributed by atoms with Gasteiger partial charge in [-0.15, -0.1) is 5.10 Å². The van der Waals surface area contributed by atoms with Crippen LogP contribution in [0.15, 0.2) is 6.20 Å². The normalized spacial score (nSPS) is 19.3. The molecule has 0 aromatic carbocycles. The Morgan fingerprint density at radius 2 is 2.33 bits per heavy atom. The Kier molecular flexibility index (Phi) is 2.22. The van der Waals surface area contributed by atoms with Gasteiger partial charge in [0.05, 0.1) is 6.20 Å². The van der Waals surface area contributed by atoms with Gasteiger partial charge in [0.1, 0.15) is 5.82 Å². The van der Waals surface area contributed by atoms with E-state index in [-0.39, 0.29) is 0 Å². The second kappa shape index (κ2) is 3.53. The minimum atomic E-state index is 0.501. The molecule has 0 saturated carbocycles. The summed E-state index contributed by atoms with van der Waals surface area (Å²) in [7, 11) is 0. The summed E-state index contributed by atoms with van der Waals surface area (Å²) in [6, 6.07) is 0.501. The molecule has 2 heterocycles. The molecule has 2 N–H and O–H groups in total. The van der Waals surface area contributed by atoms with Gasteiger partial charge in [0, 0.05) is 19.3 Å². The molecule has 1 fully saturated rings. The van der Waals surface area contributed by atoms with Crippen LogP contribution >= 0.6 is 0 Å². The van der Waals surface area contributed by atoms with Gasteiger partial charge in [-0.25, -0.2) is 5.10 Å². The quantitative estimate of drug-likeness (QED) is 0.670. The number of ether oxygens (including phenoxy) is 1. The van der Waals surface area contributed by atoms with Crippen LogP contribution in [0.2, 0.25) is 0 Å². The third kappa shape index (κ3) is 1.73. The van der Waals surface area contributed by atoms with Crippen molar-refractivity contribution >= 4 is 5.82 Å². The van der Waals surface area contributed by atoms with Crippen molar-refractivity contribution in [2.24, 2.45) is 0 Å². The zero-order valence-corrected chi connectivity index (χ0v) is 6.79. The Balaban J connectivity index is 1.86. The van der Waals surface area contributed by atoms with Crippen molar-refractivity contribution in [3.8, 4) is 0 Å². The Morgan fingerprint density at radius 3 is 3.00 bits per heavy atom. The molecule has 1 saturated heterocycles. The van der Waals surface area contributed by atoms with E-state index in [9.17, 15) is 0 Å². The fraction of sp³-hybridized carbons (Fsp3) is 0.714. The second-order valence-electron chi connectivity index (χ2n) is 2.90. The minimum absolute atomic E-state index is 0.501. The van der Waals surface area contributed by atoms with E-state index in [0.29, 0.717) is 6.04 Å². The zero-order valence-electron chi connectivity index (χ0n) is 6.79. The first-order valence-electron chi connectivity index (χ1n) is 4.15. The molecule has 5 nitrogen and oxygen atoms in total. The summed E-state index contributed by atoms with van der Waals surface area (Å²) in [5.41, 5.74) is 0. The number of nitrogens with one attached hydrogen (secondary N) is 2. The average molecular weight is 168 g/mol. The summed E-state index contributed by atoms with van der Waals surface area (Å²) in [4.78, 5) is 0. The molecule has 0 amide bonds. The molecule has 1 aromatic heterocycles. The van der Waals surface area contributed by atoms with E-state index in [4.69, 9.17) is 4.74 Å². The maximum atomic E-state index is 5.24. The van der Waals surface area contributed by atoms with Crippen LogP contribution in [0.1, 0.15) is 12.8 Å². The van der Waals surface area contributed by atoms with Crippen LogP contribution in [0.4, 0.5) is 5.82 Å². The molecule has 2 rings (SSSR count). The largest absolute Gasteiger partial charge is 0.381 e. The highest BCUT2D eigenvalue weighted by Gasteiger charge is 2.13. The summed E-state index contributed by atoms with van der Waals surface area (Å²) >= 11 is 0. The lowest BCUT2D eigenvalue weighted by Crippen LogP contribution is -2.27. The smallest absolute Gasteiger partial charge is 0.142 e. The number of hydrogen-bond acceptors (Lipinski definition) is 4. The van der Waals surface area contributed by atoms with Gasteiger partial charge in [-0.3, -0.25) is 0 Å². The number of aromatic amines is 1. The van der Waals surface area contributed by atoms with E-state index >= 15 is 0 Å². The first-order chi connectivity index (χ1) is 5.95. The Labute approximate surface area is 70.5 Å². The number of H-pyrrole nitrogens is 1. The van der Waals surface area contributed by atoms with Crippen molar-refractivity contribution in [1.82, 2.24) is 15.4 Å². The topological polar surface area (TPSA) is 62.8 Å². The number of anilines is 1. The molecular weight excluding hydrogens is 156 g/mol. The lowest BCUT2D eigenvalue weighted by Gasteiger charge is -2.22. The van der Waals surface area contributed by atoms with Crippen LogP contribution in [0.25, 0.3) is 0 Å². The molecule has 66 valence electrons. The van der Waals surface area contributed by atoms with E-state index < -0.39 is 0 Å². The van der Waals surface area contributed by atoms with Crippen molar-refractivity contribution in [3.63, 3.8) is 0 Å². The highest BCUT2D eigenvalue weighted by Crippen LogP contribution is 2.11. The fourth-order valence-corrected chi connectivity index (χ4v) is 1.33. The molecule has 0 radical (unpaired) electrons. The summed E-state index contributed by atoms with van der Waals surface area (Å²) in [6.07, 6.45) is 3.80. The summed E-state index contributed by atoms with van der Waals surface area (Å²) in [6.45, 7) is 1.69. The lowest BCUT2D eigenvalue weighted by molar-refractivity contribution is 0.0904. The van der Waals surface area contributed by atoms with Crippen LogP contribution < -0.4 is 5.32 Å². The zero-order chi connectivity index (χ0) is 8.23. The van der Waals surface area contributed by atoms with E-state index in [1.54, 1.807) is 6.20 Å². The van der Waals surface area contributed by atoms with Gasteiger partial charge in [0.2, 0.25) is 0 Å². The molecule has 1 aromatic rings. The molecule has 0 atom stereocenters. The predicted octanol–water partition coefficient (Wildman–Crippen LogP) is 0.396. The monoisotopic (exact) mass is 168 g/mol. The number of hydrogen-bond donors (Lipinski definition) is 2. The van der Waals surface area contributed by atoms with E-state index in [1.807, 2.05) is 0 Å². The van der Waals surface area contributed by atoms with Gasteiger partial charge < -0.3 is 10.1 Å². The van der Waals surface area contributed by atoms with E-state index in [1.165, 1.54) is 0 Å². The first-order valence-corrected chi connectivity index (χ1v) is 4.15. The molecule has 0 aliphatic carbocycles. The number of rotatable bonds is 2. The van der Waals surface area contributed by atoms with Gasteiger partial charge >= 0.3 is 0 Å². The van der Waals surface area contributed by atoms with Gasteiger partial charge in [0.25, 0.3) is 0 Å². The molecule has 0 unspecified atom stereocenters. The Morgan fingerprint density at radius 1 is 1.50 bits per heavy atom. The van der Waals surface area contributed by atoms with Crippen LogP contribution in [-0.2, 0) is 4.74 Å². The van der Waals surface area contributed by atoms with Crippen LogP contribution in [-0.4, -0.2) is 34.7 Å². The van der Waals surface area contributed by atoms with Crippen LogP contribution in [0.3, 0.4) is 0 Å². The molecule has 0 spiro atoms. The summed E-state index contributed by atoms with van der Waals surface area (Å²) in [5, 5.41) is 13.4. The van der Waals surface area contributed by atoms with Gasteiger partial charge in [-0.05, 0) is 12.8 Å². The highest BCUT2D eigenvalue weighted by molar-refractivity contribution is 5.30. The van der Waals surface area contributed by atoms with E-state index in [0.717, 1.165) is 31.9 Å². The standard InChI is InChI=1S/C7H12N4O/c1-3-12-4-2-6(1)9-7-5-8-11-10-7/h5-6H,1-4H2,(H2,8,9,10,11). The Hall–Kier alpha value is -1.10. The molecule has 5 heteroatoms. The van der Waals surface area contributed by atoms with Gasteiger partial charge in [0.15, 0.2) is 0 Å². The van der Waals surface area contributed by atoms with Crippen LogP contribution in [0, 0.1) is 0 Å². The van der Waals surface area contributed by atoms with Crippen molar-refractivity contribution < 1.29 is 4.74 Å². The maximum absolute atomic E-state index is 5.24. The van der Waals surface area contributed by atoms with E-state index in [2.05, 4.69) is 20.7 Å². The van der Waals surface area contributed by atoms with Gasteiger partial charge in [-0.2, -0.15) is 0 Å². The molecule has 1 aliphatic heterocycles. The predicted molar refractivity (Wildman–Crippen MR) is 43.8 cm³/mol. The van der Waals surface area contributed by atoms with Gasteiger partial charge in [-0.1, -0.05) is 5.21 Å². The van der Waals surface area contributed by atoms with Crippen LogP contribution in [0.5, 0.6) is 0 Å². The lowest BCUT2D eigenvalue weighted by atomic mass is 10.1. The summed E-state index contributed by atoms with van der Waals surface area (Å²) in [5.74, 6) is 0.891. The third-order valence-electron chi connectivity index (χ3n) is 2.00. The average Bonchev–Trinajstić information content (AvgIpc) is 2.59. The SMILES string of the molecule is c1nn[nH]c1NC1CCOCC1. The molecule has 0 bridgehead atoms. The maximum Gasteiger partial charge on any atom is 0.142 e. The summed E-state index contributed by atoms with van der Waals surface area (Å²) < 4.78 is 5.24. The molecular formula is C7H12N4O. The fourth-order valence-electron chi connectivity index (χ4n) is 1.33. The van der Waals surface area contributed by atoms with Crippen molar-refractivity contribution in [1.29, 1.82) is 0 Å². The van der Waals surface area contributed by atoms with Crippen molar-refractivity contribution in [2.45, 2.75) is 18.9 Å². The Bertz CT molecular complexity index is 217.